The fourth-order valence-corrected chi connectivity index (χ4v) is 4.77. The number of likely N-dealkylation sites (tertiary alicyclic amines) is 1. The van der Waals surface area contributed by atoms with Crippen molar-refractivity contribution in [3.63, 3.8) is 0 Å². The quantitative estimate of drug-likeness (QED) is 0.654. The molecular weight excluding hydrogens is 423 g/mol. The molecule has 1 saturated heterocycles. The van der Waals surface area contributed by atoms with E-state index in [-0.39, 0.29) is 29.2 Å². The summed E-state index contributed by atoms with van der Waals surface area (Å²) in [6.45, 7) is 2.41. The van der Waals surface area contributed by atoms with Crippen molar-refractivity contribution in [2.24, 2.45) is 0 Å². The van der Waals surface area contributed by atoms with Crippen molar-refractivity contribution in [2.45, 2.75) is 23.9 Å². The third-order valence-corrected chi connectivity index (χ3v) is 6.74. The molecule has 9 heteroatoms. The summed E-state index contributed by atoms with van der Waals surface area (Å²) in [7, 11) is -3.65. The lowest BCUT2D eigenvalue weighted by atomic mass is 10.2. The number of hydrogen-bond donors (Lipinski definition) is 2. The van der Waals surface area contributed by atoms with E-state index in [2.05, 4.69) is 9.62 Å². The summed E-state index contributed by atoms with van der Waals surface area (Å²) in [5, 5.41) is 9.31. The summed E-state index contributed by atoms with van der Waals surface area (Å²) >= 11 is 11.8. The van der Waals surface area contributed by atoms with E-state index in [9.17, 15) is 8.42 Å². The fourth-order valence-electron chi connectivity index (χ4n) is 3.12. The second-order valence-corrected chi connectivity index (χ2v) is 9.16. The van der Waals surface area contributed by atoms with Gasteiger partial charge in [0, 0.05) is 25.7 Å². The third kappa shape index (κ3) is 5.59. The van der Waals surface area contributed by atoms with Crippen molar-refractivity contribution in [2.75, 3.05) is 26.3 Å². The number of hydrogen-bond acceptors (Lipinski definition) is 5. The van der Waals surface area contributed by atoms with Crippen LogP contribution in [0.15, 0.2) is 47.4 Å². The molecule has 1 aliphatic rings. The van der Waals surface area contributed by atoms with Gasteiger partial charge < -0.3 is 9.84 Å². The number of sulfonamides is 1. The highest BCUT2D eigenvalue weighted by atomic mass is 35.5. The Kier molecular flexibility index (Phi) is 7.20. The van der Waals surface area contributed by atoms with Crippen molar-refractivity contribution >= 4 is 33.2 Å². The van der Waals surface area contributed by atoms with Crippen LogP contribution in [0.4, 0.5) is 0 Å². The van der Waals surface area contributed by atoms with Gasteiger partial charge in [-0.25, -0.2) is 13.1 Å². The van der Waals surface area contributed by atoms with Crippen LogP contribution in [0.25, 0.3) is 0 Å². The first-order valence-electron chi connectivity index (χ1n) is 8.90. The van der Waals surface area contributed by atoms with E-state index < -0.39 is 10.0 Å². The van der Waals surface area contributed by atoms with Crippen molar-refractivity contribution < 1.29 is 18.3 Å². The molecule has 152 valence electrons. The minimum atomic E-state index is -3.65. The van der Waals surface area contributed by atoms with Crippen LogP contribution in [0.2, 0.25) is 10.0 Å². The normalized spacial score (nSPS) is 17.8. The molecule has 3 rings (SSSR count). The Balaban J connectivity index is 1.55. The van der Waals surface area contributed by atoms with Gasteiger partial charge in [-0.2, -0.15) is 0 Å². The Hall–Kier alpha value is -1.35. The van der Waals surface area contributed by atoms with Crippen LogP contribution < -0.4 is 9.46 Å². The minimum Gasteiger partial charge on any atom is -0.491 e. The van der Waals surface area contributed by atoms with Crippen molar-refractivity contribution in [3.05, 3.63) is 58.1 Å². The monoisotopic (exact) mass is 444 g/mol. The maximum atomic E-state index is 12.6. The minimum absolute atomic E-state index is 0.0188. The Labute approximate surface area is 175 Å². The van der Waals surface area contributed by atoms with Gasteiger partial charge in [0.05, 0.1) is 21.5 Å². The number of nitrogens with one attached hydrogen (secondary N) is 1. The predicted octanol–water partition coefficient (Wildman–Crippen LogP) is 2.92. The summed E-state index contributed by atoms with van der Waals surface area (Å²) < 4.78 is 33.3. The average Bonchev–Trinajstić information content (AvgIpc) is 3.09. The topological polar surface area (TPSA) is 78.9 Å². The molecule has 2 aromatic rings. The molecule has 2 N–H and O–H groups in total. The van der Waals surface area contributed by atoms with E-state index in [4.69, 9.17) is 33.0 Å². The molecule has 1 atom stereocenters. The molecule has 1 aliphatic heterocycles. The molecule has 2 aromatic carbocycles. The van der Waals surface area contributed by atoms with E-state index in [1.165, 1.54) is 18.2 Å². The van der Waals surface area contributed by atoms with Crippen molar-refractivity contribution in [1.29, 1.82) is 0 Å². The zero-order valence-electron chi connectivity index (χ0n) is 15.1. The highest BCUT2D eigenvalue weighted by Gasteiger charge is 2.27. The summed E-state index contributed by atoms with van der Waals surface area (Å²) in [6.07, 6.45) is 0.734. The number of aliphatic hydroxyl groups excluding tert-OH is 1. The standard InChI is InChI=1S/C19H22Cl2N2O4S/c20-18-6-5-17(11-19(18)21)28(25,26)22-15-7-8-23(13-15)12-14-1-3-16(4-2-14)27-10-9-24/h1-6,11,15,22,24H,7-10,12-13H2/t15-/m1/s1. The largest absolute Gasteiger partial charge is 0.491 e. The van der Waals surface area contributed by atoms with Gasteiger partial charge in [-0.1, -0.05) is 35.3 Å². The predicted molar refractivity (Wildman–Crippen MR) is 109 cm³/mol. The maximum Gasteiger partial charge on any atom is 0.240 e. The van der Waals surface area contributed by atoms with Gasteiger partial charge in [-0.15, -0.1) is 0 Å². The van der Waals surface area contributed by atoms with Crippen LogP contribution in [-0.2, 0) is 16.6 Å². The molecule has 28 heavy (non-hydrogen) atoms. The zero-order chi connectivity index (χ0) is 20.1. The Bertz CT molecular complexity index is 907. The van der Waals surface area contributed by atoms with Crippen molar-refractivity contribution in [1.82, 2.24) is 9.62 Å². The second-order valence-electron chi connectivity index (χ2n) is 6.63. The summed E-state index contributed by atoms with van der Waals surface area (Å²) in [4.78, 5) is 2.31. The van der Waals surface area contributed by atoms with Crippen molar-refractivity contribution in [3.8, 4) is 5.75 Å². The molecule has 1 heterocycles. The Morgan fingerprint density at radius 3 is 2.57 bits per heavy atom. The second kappa shape index (κ2) is 9.43. The summed E-state index contributed by atoms with van der Waals surface area (Å²) in [6, 6.07) is 11.8. The molecule has 0 saturated carbocycles. The molecular formula is C19H22Cl2N2O4S. The highest BCUT2D eigenvalue weighted by molar-refractivity contribution is 7.89. The number of nitrogens with zero attached hydrogens (tertiary/aromatic N) is 1. The van der Waals surface area contributed by atoms with E-state index in [1.807, 2.05) is 24.3 Å². The number of ether oxygens (including phenoxy) is 1. The van der Waals surface area contributed by atoms with Gasteiger partial charge in [0.25, 0.3) is 0 Å². The van der Waals surface area contributed by atoms with E-state index in [1.54, 1.807) is 0 Å². The number of rotatable bonds is 8. The third-order valence-electron chi connectivity index (χ3n) is 4.49. The number of aliphatic hydroxyl groups is 1. The van der Waals surface area contributed by atoms with E-state index >= 15 is 0 Å². The summed E-state index contributed by atoms with van der Waals surface area (Å²) in [5.74, 6) is 0.714. The van der Waals surface area contributed by atoms with Crippen LogP contribution in [0.5, 0.6) is 5.75 Å². The molecule has 0 aliphatic carbocycles. The van der Waals surface area contributed by atoms with Crippen LogP contribution >= 0.6 is 23.2 Å². The van der Waals surface area contributed by atoms with E-state index in [0.717, 1.165) is 25.1 Å². The molecule has 0 spiro atoms. The number of benzene rings is 2. The Morgan fingerprint density at radius 2 is 1.89 bits per heavy atom. The average molecular weight is 445 g/mol. The van der Waals surface area contributed by atoms with Crippen LogP contribution in [0.1, 0.15) is 12.0 Å². The first-order chi connectivity index (χ1) is 13.4. The van der Waals surface area contributed by atoms with Crippen LogP contribution in [-0.4, -0.2) is 50.8 Å². The van der Waals surface area contributed by atoms with Crippen LogP contribution in [0, 0.1) is 0 Å². The van der Waals surface area contributed by atoms with Gasteiger partial charge in [0.1, 0.15) is 12.4 Å². The molecule has 6 nitrogen and oxygen atoms in total. The lowest BCUT2D eigenvalue weighted by Gasteiger charge is -2.17. The first-order valence-corrected chi connectivity index (χ1v) is 11.1. The molecule has 0 amide bonds. The lowest BCUT2D eigenvalue weighted by molar-refractivity contribution is 0.201. The SMILES string of the molecule is O=S(=O)(N[C@@H]1CCN(Cc2ccc(OCCO)cc2)C1)c1ccc(Cl)c(Cl)c1. The van der Waals surface area contributed by atoms with Gasteiger partial charge in [0.2, 0.25) is 10.0 Å². The van der Waals surface area contributed by atoms with Gasteiger partial charge in [0.15, 0.2) is 0 Å². The first kappa shape index (κ1) is 21.4. The highest BCUT2D eigenvalue weighted by Crippen LogP contribution is 2.25. The van der Waals surface area contributed by atoms with Gasteiger partial charge in [-0.05, 0) is 42.3 Å². The van der Waals surface area contributed by atoms with Gasteiger partial charge in [-0.3, -0.25) is 4.90 Å². The van der Waals surface area contributed by atoms with Crippen LogP contribution in [0.3, 0.4) is 0 Å². The molecule has 1 fully saturated rings. The van der Waals surface area contributed by atoms with Gasteiger partial charge >= 0.3 is 0 Å². The summed E-state index contributed by atoms with van der Waals surface area (Å²) in [5.41, 5.74) is 1.12. The smallest absolute Gasteiger partial charge is 0.240 e. The molecule has 0 bridgehead atoms. The Morgan fingerprint density at radius 1 is 1.14 bits per heavy atom. The van der Waals surface area contributed by atoms with E-state index in [0.29, 0.717) is 17.3 Å². The zero-order valence-corrected chi connectivity index (χ0v) is 17.5. The fraction of sp³-hybridized carbons (Fsp3) is 0.368. The maximum absolute atomic E-state index is 12.6. The molecule has 0 unspecified atom stereocenters. The molecule has 0 radical (unpaired) electrons. The number of halogens is 2. The lowest BCUT2D eigenvalue weighted by Crippen LogP contribution is -2.36. The molecule has 0 aromatic heterocycles.